The zero-order chi connectivity index (χ0) is 29.3. The van der Waals surface area contributed by atoms with E-state index in [-0.39, 0.29) is 27.9 Å². The normalized spacial score (nSPS) is 18.6. The van der Waals surface area contributed by atoms with E-state index in [2.05, 4.69) is 25.0 Å². The van der Waals surface area contributed by atoms with Crippen LogP contribution in [-0.2, 0) is 25.8 Å². The van der Waals surface area contributed by atoms with Crippen LogP contribution < -0.4 is 16.5 Å². The van der Waals surface area contributed by atoms with Crippen LogP contribution in [0, 0.1) is 0 Å². The lowest BCUT2D eigenvalue weighted by Gasteiger charge is -2.49. The van der Waals surface area contributed by atoms with Crippen molar-refractivity contribution in [1.82, 2.24) is 29.5 Å². The number of thioether (sulfide) groups is 2. The second-order valence-electron chi connectivity index (χ2n) is 8.29. The van der Waals surface area contributed by atoms with E-state index in [0.717, 1.165) is 32.7 Å². The lowest BCUT2D eigenvalue weighted by atomic mass is 10.0. The van der Waals surface area contributed by atoms with Gasteiger partial charge in [-0.1, -0.05) is 9.64 Å². The molecule has 0 spiro atoms. The fraction of sp³-hybridized carbons (Fsp3) is 0.238. The number of hydrogen-bond acceptors (Lipinski definition) is 16. The summed E-state index contributed by atoms with van der Waals surface area (Å²) >= 11 is 4.88. The summed E-state index contributed by atoms with van der Waals surface area (Å²) in [6, 6.07) is -0.135. The standard InChI is InChI=1S/C21H18N8O8S4/c22-21-24-10(7-40-21)14(26-37-4-9-1-11(30)12(31)3-28(9)36)17(32)25-15-18(33)29-16(20(34)35)8(6-39-19(15)29)5-38-13-2-23-27-41-13/h1-3,7,15,19,31,36H,4-6H2,(H2,22,24)(H,25,32)(H,34,35)/b26-14-/t15-,19-/m1/s1. The summed E-state index contributed by atoms with van der Waals surface area (Å²) < 4.78 is 5.04. The van der Waals surface area contributed by atoms with E-state index in [1.54, 1.807) is 6.20 Å². The van der Waals surface area contributed by atoms with Crippen LogP contribution in [0.25, 0.3) is 0 Å². The van der Waals surface area contributed by atoms with E-state index in [4.69, 9.17) is 10.6 Å². The van der Waals surface area contributed by atoms with Gasteiger partial charge in [-0.25, -0.2) is 9.78 Å². The minimum atomic E-state index is -1.25. The molecule has 20 heteroatoms. The summed E-state index contributed by atoms with van der Waals surface area (Å²) in [7, 11) is 0. The third-order valence-corrected chi connectivity index (χ3v) is 9.64. The Labute approximate surface area is 245 Å². The number of fused-ring (bicyclic) bond motifs is 1. The number of rotatable bonds is 10. The lowest BCUT2D eigenvalue weighted by Crippen LogP contribution is -2.71. The molecule has 0 unspecified atom stereocenters. The van der Waals surface area contributed by atoms with E-state index in [9.17, 15) is 34.6 Å². The maximum atomic E-state index is 13.2. The number of carboxylic acids is 1. The van der Waals surface area contributed by atoms with Gasteiger partial charge in [-0.3, -0.25) is 19.3 Å². The van der Waals surface area contributed by atoms with E-state index >= 15 is 0 Å². The summed E-state index contributed by atoms with van der Waals surface area (Å²) in [5.41, 5.74) is 4.98. The molecule has 2 aliphatic heterocycles. The average molecular weight is 639 g/mol. The van der Waals surface area contributed by atoms with Gasteiger partial charge in [-0.2, -0.15) is 4.73 Å². The molecule has 0 aliphatic carbocycles. The minimum absolute atomic E-state index is 0.0417. The molecule has 0 aromatic carbocycles. The Morgan fingerprint density at radius 3 is 2.83 bits per heavy atom. The molecule has 0 bridgehead atoms. The quantitative estimate of drug-likeness (QED) is 0.0653. The third-order valence-electron chi connectivity index (χ3n) is 5.70. The molecule has 3 aromatic heterocycles. The van der Waals surface area contributed by atoms with Gasteiger partial charge in [0, 0.05) is 23.0 Å². The van der Waals surface area contributed by atoms with Gasteiger partial charge >= 0.3 is 5.97 Å². The first-order chi connectivity index (χ1) is 19.6. The Balaban J connectivity index is 1.31. The third kappa shape index (κ3) is 5.85. The minimum Gasteiger partial charge on any atom is -0.503 e. The predicted molar refractivity (Wildman–Crippen MR) is 148 cm³/mol. The van der Waals surface area contributed by atoms with Gasteiger partial charge in [0.15, 0.2) is 23.2 Å². The van der Waals surface area contributed by atoms with Crippen LogP contribution in [0.15, 0.2) is 49.3 Å². The van der Waals surface area contributed by atoms with Gasteiger partial charge in [0.2, 0.25) is 5.43 Å². The van der Waals surface area contributed by atoms with E-state index in [0.29, 0.717) is 21.8 Å². The highest BCUT2D eigenvalue weighted by atomic mass is 32.2. The molecule has 41 heavy (non-hydrogen) atoms. The molecule has 0 radical (unpaired) electrons. The topological polar surface area (TPSA) is 235 Å². The number of amides is 2. The van der Waals surface area contributed by atoms with Crippen molar-refractivity contribution in [2.75, 3.05) is 17.2 Å². The first-order valence-corrected chi connectivity index (χ1v) is 15.0. The molecule has 16 nitrogen and oxygen atoms in total. The number of pyridine rings is 1. The predicted octanol–water partition coefficient (Wildman–Crippen LogP) is 0.133. The van der Waals surface area contributed by atoms with Crippen molar-refractivity contribution in [2.24, 2.45) is 5.16 Å². The van der Waals surface area contributed by atoms with Crippen LogP contribution in [0.2, 0.25) is 0 Å². The van der Waals surface area contributed by atoms with Crippen molar-refractivity contribution in [2.45, 2.75) is 22.2 Å². The second kappa shape index (κ2) is 11.8. The number of aromatic nitrogens is 4. The van der Waals surface area contributed by atoms with Gasteiger partial charge in [0.1, 0.15) is 32.7 Å². The van der Waals surface area contributed by atoms with Crippen molar-refractivity contribution in [3.63, 3.8) is 0 Å². The number of nitrogens with two attached hydrogens (primary N) is 1. The number of nitrogens with zero attached hydrogens (tertiary/aromatic N) is 6. The van der Waals surface area contributed by atoms with Crippen molar-refractivity contribution in [1.29, 1.82) is 0 Å². The van der Waals surface area contributed by atoms with Crippen LogP contribution in [0.5, 0.6) is 5.75 Å². The zero-order valence-corrected chi connectivity index (χ0v) is 23.6. The summed E-state index contributed by atoms with van der Waals surface area (Å²) in [5, 5.41) is 40.1. The number of nitrogens with one attached hydrogen (secondary N) is 1. The van der Waals surface area contributed by atoms with Crippen molar-refractivity contribution < 1.29 is 34.6 Å². The Morgan fingerprint density at radius 1 is 1.34 bits per heavy atom. The SMILES string of the molecule is Nc1nc(/C(=N/OCc2cc(=O)c(O)cn2O)C(=O)N[C@@H]2C(=O)N3C(C(=O)O)=C(CSc4cnns4)CS[C@H]23)cs1. The number of carbonyl (C=O) groups is 3. The molecule has 2 atom stereocenters. The molecule has 0 saturated carbocycles. The van der Waals surface area contributed by atoms with E-state index < -0.39 is 47.0 Å². The van der Waals surface area contributed by atoms with Crippen molar-refractivity contribution in [3.05, 3.63) is 56.7 Å². The number of carboxylic acid groups (broad SMARTS) is 1. The number of carbonyl (C=O) groups excluding carboxylic acids is 2. The number of aliphatic carboxylic acids is 1. The molecule has 214 valence electrons. The molecule has 2 amide bonds. The highest BCUT2D eigenvalue weighted by molar-refractivity contribution is 8.01. The number of hydrogen-bond donors (Lipinski definition) is 5. The number of nitrogen functional groups attached to an aromatic ring is 1. The molecule has 5 rings (SSSR count). The van der Waals surface area contributed by atoms with Gasteiger partial charge in [0.25, 0.3) is 11.8 Å². The monoisotopic (exact) mass is 638 g/mol. The summed E-state index contributed by atoms with van der Waals surface area (Å²) in [4.78, 5) is 60.4. The molecule has 1 saturated heterocycles. The maximum absolute atomic E-state index is 13.2. The smallest absolute Gasteiger partial charge is 0.352 e. The van der Waals surface area contributed by atoms with Crippen LogP contribution >= 0.6 is 46.4 Å². The van der Waals surface area contributed by atoms with Crippen LogP contribution in [0.3, 0.4) is 0 Å². The van der Waals surface area contributed by atoms with Gasteiger partial charge < -0.3 is 31.3 Å². The fourth-order valence-electron chi connectivity index (χ4n) is 3.81. The van der Waals surface area contributed by atoms with Gasteiger partial charge in [-0.15, -0.1) is 40.0 Å². The lowest BCUT2D eigenvalue weighted by molar-refractivity contribution is -0.150. The van der Waals surface area contributed by atoms with Gasteiger partial charge in [0.05, 0.1) is 12.4 Å². The van der Waals surface area contributed by atoms with Gasteiger partial charge in [-0.05, 0) is 17.1 Å². The average Bonchev–Trinajstić information content (AvgIpc) is 3.62. The van der Waals surface area contributed by atoms with Crippen LogP contribution in [0.1, 0.15) is 11.4 Å². The second-order valence-corrected chi connectivity index (χ2v) is 12.3. The number of thiazole rings is 1. The Kier molecular flexibility index (Phi) is 8.15. The summed E-state index contributed by atoms with van der Waals surface area (Å²) in [5.74, 6) is -2.74. The Bertz CT molecular complexity index is 1640. The first-order valence-electron chi connectivity index (χ1n) is 11.3. The van der Waals surface area contributed by atoms with Crippen LogP contribution in [-0.4, -0.2) is 86.0 Å². The highest BCUT2D eigenvalue weighted by Crippen LogP contribution is 2.41. The molecular weight excluding hydrogens is 621 g/mol. The molecule has 5 heterocycles. The Morgan fingerprint density at radius 2 is 2.15 bits per heavy atom. The van der Waals surface area contributed by atoms with E-state index in [1.165, 1.54) is 40.4 Å². The van der Waals surface area contributed by atoms with Crippen molar-refractivity contribution in [3.8, 4) is 5.75 Å². The number of oxime groups is 1. The molecule has 3 aromatic rings. The largest absolute Gasteiger partial charge is 0.503 e. The number of anilines is 1. The fourth-order valence-corrected chi connectivity index (χ4v) is 7.27. The first kappa shape index (κ1) is 28.4. The van der Waals surface area contributed by atoms with E-state index in [1.807, 2.05) is 0 Å². The highest BCUT2D eigenvalue weighted by Gasteiger charge is 2.54. The van der Waals surface area contributed by atoms with Crippen LogP contribution in [0.4, 0.5) is 5.13 Å². The molecule has 1 fully saturated rings. The molecular formula is C21H18N8O8S4. The number of β-lactam (4-membered cyclic amide) rings is 1. The zero-order valence-electron chi connectivity index (χ0n) is 20.4. The summed E-state index contributed by atoms with van der Waals surface area (Å²) in [6.45, 7) is -0.470. The maximum Gasteiger partial charge on any atom is 0.352 e. The molecule has 2 aliphatic rings. The Hall–Kier alpha value is -4.14. The molecule has 6 N–H and O–H groups in total. The summed E-state index contributed by atoms with van der Waals surface area (Å²) in [6.07, 6.45) is 2.34. The number of aromatic hydroxyl groups is 1. The van der Waals surface area contributed by atoms with Crippen molar-refractivity contribution >= 4 is 75.0 Å².